The lowest BCUT2D eigenvalue weighted by Gasteiger charge is -2.31. The number of carbonyl (C=O) groups excluding carboxylic acids is 1. The van der Waals surface area contributed by atoms with Gasteiger partial charge < -0.3 is 9.88 Å². The predicted octanol–water partition coefficient (Wildman–Crippen LogP) is 4.26. The van der Waals surface area contributed by atoms with E-state index in [1.807, 2.05) is 23.2 Å². The van der Waals surface area contributed by atoms with Gasteiger partial charge in [-0.3, -0.25) is 9.78 Å². The van der Waals surface area contributed by atoms with Crippen LogP contribution in [0, 0.1) is 13.8 Å². The number of thiophene rings is 1. The van der Waals surface area contributed by atoms with Crippen molar-refractivity contribution in [2.24, 2.45) is 0 Å². The standard InChI is InChI=1S/C19H21N3OS/c1-12-10-18(24-13(12)2)19(23)22-8-5-14(6-9-22)16-11-17-15(21-16)4-3-7-20-17/h3-4,7,10-11,14,21H,5-6,8-9H2,1-2H3. The monoisotopic (exact) mass is 339 g/mol. The van der Waals surface area contributed by atoms with Gasteiger partial charge in [-0.25, -0.2) is 0 Å². The molecule has 0 aromatic carbocycles. The first-order chi connectivity index (χ1) is 11.6. The minimum Gasteiger partial charge on any atom is -0.357 e. The summed E-state index contributed by atoms with van der Waals surface area (Å²) in [5.74, 6) is 0.669. The molecule has 1 amide bonds. The van der Waals surface area contributed by atoms with Crippen molar-refractivity contribution in [2.75, 3.05) is 13.1 Å². The molecular formula is C19H21N3OS. The van der Waals surface area contributed by atoms with Gasteiger partial charge in [0.1, 0.15) is 0 Å². The predicted molar refractivity (Wildman–Crippen MR) is 97.8 cm³/mol. The number of fused-ring (bicyclic) bond motifs is 1. The highest BCUT2D eigenvalue weighted by atomic mass is 32.1. The SMILES string of the molecule is Cc1cc(C(=O)N2CCC(c3cc4ncccc4[nH]3)CC2)sc1C. The largest absolute Gasteiger partial charge is 0.357 e. The molecule has 0 saturated carbocycles. The summed E-state index contributed by atoms with van der Waals surface area (Å²) in [5, 5.41) is 0. The van der Waals surface area contributed by atoms with E-state index in [2.05, 4.69) is 35.9 Å². The summed E-state index contributed by atoms with van der Waals surface area (Å²) < 4.78 is 0. The molecule has 0 bridgehead atoms. The zero-order valence-corrected chi connectivity index (χ0v) is 14.8. The minimum atomic E-state index is 0.188. The Morgan fingerprint density at radius 3 is 2.75 bits per heavy atom. The van der Waals surface area contributed by atoms with E-state index in [4.69, 9.17) is 0 Å². The first-order valence-electron chi connectivity index (χ1n) is 8.42. The molecule has 0 unspecified atom stereocenters. The molecule has 3 aromatic rings. The number of aromatic amines is 1. The Morgan fingerprint density at radius 1 is 1.29 bits per heavy atom. The fourth-order valence-electron chi connectivity index (χ4n) is 3.43. The van der Waals surface area contributed by atoms with E-state index in [-0.39, 0.29) is 5.91 Å². The third-order valence-electron chi connectivity index (χ3n) is 5.01. The molecule has 0 atom stereocenters. The van der Waals surface area contributed by atoms with Gasteiger partial charge >= 0.3 is 0 Å². The van der Waals surface area contributed by atoms with Gasteiger partial charge in [0.25, 0.3) is 5.91 Å². The summed E-state index contributed by atoms with van der Waals surface area (Å²) in [4.78, 5) is 24.7. The van der Waals surface area contributed by atoms with Gasteiger partial charge in [0, 0.05) is 35.8 Å². The van der Waals surface area contributed by atoms with Crippen molar-refractivity contribution in [2.45, 2.75) is 32.6 Å². The number of amides is 1. The average molecular weight is 339 g/mol. The molecule has 0 aliphatic carbocycles. The molecule has 1 fully saturated rings. The molecular weight excluding hydrogens is 318 g/mol. The van der Waals surface area contributed by atoms with E-state index >= 15 is 0 Å². The topological polar surface area (TPSA) is 49.0 Å². The molecule has 4 rings (SSSR count). The second-order valence-electron chi connectivity index (χ2n) is 6.58. The molecule has 24 heavy (non-hydrogen) atoms. The maximum absolute atomic E-state index is 12.7. The van der Waals surface area contributed by atoms with E-state index in [1.54, 1.807) is 11.3 Å². The maximum Gasteiger partial charge on any atom is 0.263 e. The zero-order valence-electron chi connectivity index (χ0n) is 14.0. The van der Waals surface area contributed by atoms with Crippen molar-refractivity contribution in [3.05, 3.63) is 51.5 Å². The minimum absolute atomic E-state index is 0.188. The average Bonchev–Trinajstić information content (AvgIpc) is 3.18. The van der Waals surface area contributed by atoms with E-state index in [1.165, 1.54) is 16.1 Å². The van der Waals surface area contributed by atoms with Crippen LogP contribution in [0.2, 0.25) is 0 Å². The molecule has 4 heterocycles. The Hall–Kier alpha value is -2.14. The number of piperidine rings is 1. The summed E-state index contributed by atoms with van der Waals surface area (Å²) in [6, 6.07) is 8.20. The van der Waals surface area contributed by atoms with Crippen molar-refractivity contribution in [3.63, 3.8) is 0 Å². The number of carbonyl (C=O) groups is 1. The Kier molecular flexibility index (Phi) is 3.88. The molecule has 0 radical (unpaired) electrons. The van der Waals surface area contributed by atoms with Crippen molar-refractivity contribution in [3.8, 4) is 0 Å². The van der Waals surface area contributed by atoms with E-state index in [0.29, 0.717) is 5.92 Å². The summed E-state index contributed by atoms with van der Waals surface area (Å²) in [6.07, 6.45) is 3.83. The summed E-state index contributed by atoms with van der Waals surface area (Å²) >= 11 is 1.61. The van der Waals surface area contributed by atoms with Crippen molar-refractivity contribution in [1.29, 1.82) is 0 Å². The highest BCUT2D eigenvalue weighted by molar-refractivity contribution is 7.14. The zero-order chi connectivity index (χ0) is 16.7. The molecule has 1 N–H and O–H groups in total. The number of rotatable bonds is 2. The lowest BCUT2D eigenvalue weighted by molar-refractivity contribution is 0.0717. The van der Waals surface area contributed by atoms with Crippen LogP contribution < -0.4 is 0 Å². The van der Waals surface area contributed by atoms with Crippen LogP contribution in [0.4, 0.5) is 0 Å². The van der Waals surface area contributed by atoms with Crippen LogP contribution in [0.3, 0.4) is 0 Å². The highest BCUT2D eigenvalue weighted by Crippen LogP contribution is 2.31. The Labute approximate surface area is 145 Å². The van der Waals surface area contributed by atoms with Crippen LogP contribution in [-0.2, 0) is 0 Å². The fraction of sp³-hybridized carbons (Fsp3) is 0.368. The third kappa shape index (κ3) is 2.73. The quantitative estimate of drug-likeness (QED) is 0.758. The van der Waals surface area contributed by atoms with Gasteiger partial charge in [-0.05, 0) is 56.5 Å². The van der Waals surface area contributed by atoms with Crippen LogP contribution in [0.15, 0.2) is 30.5 Å². The van der Waals surface area contributed by atoms with E-state index < -0.39 is 0 Å². The molecule has 4 nitrogen and oxygen atoms in total. The van der Waals surface area contributed by atoms with Gasteiger partial charge in [-0.2, -0.15) is 0 Å². The number of hydrogen-bond donors (Lipinski definition) is 1. The second-order valence-corrected chi connectivity index (χ2v) is 7.83. The molecule has 1 saturated heterocycles. The van der Waals surface area contributed by atoms with Crippen LogP contribution >= 0.6 is 11.3 Å². The summed E-state index contributed by atoms with van der Waals surface area (Å²) in [5.41, 5.74) is 4.58. The van der Waals surface area contributed by atoms with Crippen LogP contribution in [0.5, 0.6) is 0 Å². The van der Waals surface area contributed by atoms with Crippen molar-refractivity contribution < 1.29 is 4.79 Å². The lowest BCUT2D eigenvalue weighted by Crippen LogP contribution is -2.37. The molecule has 1 aliphatic rings. The second kappa shape index (κ2) is 6.06. The smallest absolute Gasteiger partial charge is 0.263 e. The number of hydrogen-bond acceptors (Lipinski definition) is 3. The third-order valence-corrected chi connectivity index (χ3v) is 6.15. The molecule has 0 spiro atoms. The van der Waals surface area contributed by atoms with Gasteiger partial charge in [-0.1, -0.05) is 0 Å². The molecule has 1 aliphatic heterocycles. The number of pyridine rings is 1. The number of likely N-dealkylation sites (tertiary alicyclic amines) is 1. The number of H-pyrrole nitrogens is 1. The van der Waals surface area contributed by atoms with Crippen LogP contribution in [0.25, 0.3) is 11.0 Å². The van der Waals surface area contributed by atoms with Gasteiger partial charge in [0.05, 0.1) is 15.9 Å². The fourth-order valence-corrected chi connectivity index (χ4v) is 4.43. The number of nitrogens with zero attached hydrogens (tertiary/aromatic N) is 2. The number of nitrogens with one attached hydrogen (secondary N) is 1. The summed E-state index contributed by atoms with van der Waals surface area (Å²) in [7, 11) is 0. The molecule has 3 aromatic heterocycles. The first-order valence-corrected chi connectivity index (χ1v) is 9.23. The summed E-state index contributed by atoms with van der Waals surface area (Å²) in [6.45, 7) is 5.79. The molecule has 5 heteroatoms. The number of aryl methyl sites for hydroxylation is 2. The maximum atomic E-state index is 12.7. The van der Waals surface area contributed by atoms with E-state index in [9.17, 15) is 4.79 Å². The van der Waals surface area contributed by atoms with Crippen LogP contribution in [-0.4, -0.2) is 33.9 Å². The van der Waals surface area contributed by atoms with Crippen molar-refractivity contribution in [1.82, 2.24) is 14.9 Å². The normalized spacial score (nSPS) is 16.0. The Balaban J connectivity index is 1.45. The van der Waals surface area contributed by atoms with Crippen molar-refractivity contribution >= 4 is 28.3 Å². The van der Waals surface area contributed by atoms with Gasteiger partial charge in [-0.15, -0.1) is 11.3 Å². The molecule has 124 valence electrons. The van der Waals surface area contributed by atoms with Gasteiger partial charge in [0.15, 0.2) is 0 Å². The Bertz CT molecular complexity index is 835. The number of aromatic nitrogens is 2. The Morgan fingerprint density at radius 2 is 2.08 bits per heavy atom. The van der Waals surface area contributed by atoms with Gasteiger partial charge in [0.2, 0.25) is 0 Å². The van der Waals surface area contributed by atoms with Crippen LogP contribution in [0.1, 0.15) is 44.6 Å². The highest BCUT2D eigenvalue weighted by Gasteiger charge is 2.26. The van der Waals surface area contributed by atoms with E-state index in [0.717, 1.165) is 41.8 Å². The lowest BCUT2D eigenvalue weighted by atomic mass is 9.93. The first kappa shape index (κ1) is 15.4.